The molecule has 0 bridgehead atoms. The largest absolute Gasteiger partial charge is 0.390 e. The van der Waals surface area contributed by atoms with E-state index in [9.17, 15) is 5.11 Å². The minimum absolute atomic E-state index is 0.0379. The van der Waals surface area contributed by atoms with Gasteiger partial charge in [0.1, 0.15) is 6.10 Å². The lowest BCUT2D eigenvalue weighted by Crippen LogP contribution is -2.40. The summed E-state index contributed by atoms with van der Waals surface area (Å²) in [5.41, 5.74) is 1.88. The minimum atomic E-state index is -0.500. The van der Waals surface area contributed by atoms with Gasteiger partial charge in [0.2, 0.25) is 0 Å². The second-order valence-corrected chi connectivity index (χ2v) is 7.26. The molecule has 5 nitrogen and oxygen atoms in total. The van der Waals surface area contributed by atoms with E-state index in [1.54, 1.807) is 0 Å². The average Bonchev–Trinajstić information content (AvgIpc) is 3.01. The number of nitrogens with zero attached hydrogens (tertiary/aromatic N) is 2. The number of ether oxygens (including phenoxy) is 1. The molecule has 0 aromatic heterocycles. The van der Waals surface area contributed by atoms with Gasteiger partial charge in [-0.2, -0.15) is 0 Å². The van der Waals surface area contributed by atoms with E-state index in [-0.39, 0.29) is 11.7 Å². The van der Waals surface area contributed by atoms with E-state index in [1.165, 1.54) is 0 Å². The molecule has 0 unspecified atom stereocenters. The summed E-state index contributed by atoms with van der Waals surface area (Å²) in [5.74, 6) is 0. The maximum atomic E-state index is 10.2. The maximum absolute atomic E-state index is 10.2. The highest BCUT2D eigenvalue weighted by Crippen LogP contribution is 2.17. The van der Waals surface area contributed by atoms with E-state index in [2.05, 4.69) is 29.1 Å². The van der Waals surface area contributed by atoms with Crippen LogP contribution in [0.1, 0.15) is 39.7 Å². The smallest absolute Gasteiger partial charge is 0.145 e. The van der Waals surface area contributed by atoms with E-state index in [4.69, 9.17) is 9.57 Å². The average molecular weight is 334 g/mol. The summed E-state index contributed by atoms with van der Waals surface area (Å²) in [6.07, 6.45) is 0.339. The first-order valence-corrected chi connectivity index (χ1v) is 8.70. The van der Waals surface area contributed by atoms with E-state index >= 15 is 0 Å². The van der Waals surface area contributed by atoms with Crippen molar-refractivity contribution in [3.63, 3.8) is 0 Å². The molecule has 1 aliphatic heterocycles. The van der Waals surface area contributed by atoms with Gasteiger partial charge in [0, 0.05) is 19.5 Å². The molecule has 2 atom stereocenters. The first kappa shape index (κ1) is 18.9. The lowest BCUT2D eigenvalue weighted by molar-refractivity contribution is -0.0588. The summed E-state index contributed by atoms with van der Waals surface area (Å²) in [6, 6.07) is 10.1. The van der Waals surface area contributed by atoms with Crippen molar-refractivity contribution >= 4 is 5.71 Å². The van der Waals surface area contributed by atoms with Crippen LogP contribution in [0.3, 0.4) is 0 Å². The fraction of sp³-hybridized carbons (Fsp3) is 0.632. The van der Waals surface area contributed by atoms with Crippen LogP contribution in [0.15, 0.2) is 35.5 Å². The van der Waals surface area contributed by atoms with Crippen LogP contribution in [0.25, 0.3) is 0 Å². The Bertz CT molecular complexity index is 525. The Balaban J connectivity index is 1.78. The van der Waals surface area contributed by atoms with Gasteiger partial charge in [-0.3, -0.25) is 4.90 Å². The number of rotatable bonds is 8. The van der Waals surface area contributed by atoms with E-state index in [0.717, 1.165) is 30.8 Å². The van der Waals surface area contributed by atoms with Crippen LogP contribution >= 0.6 is 0 Å². The van der Waals surface area contributed by atoms with Crippen LogP contribution < -0.4 is 0 Å². The highest BCUT2D eigenvalue weighted by Gasteiger charge is 2.25. The Morgan fingerprint density at radius 2 is 2.04 bits per heavy atom. The third-order valence-electron chi connectivity index (χ3n) is 3.93. The zero-order valence-corrected chi connectivity index (χ0v) is 15.2. The van der Waals surface area contributed by atoms with Crippen LogP contribution in [-0.2, 0) is 9.57 Å². The lowest BCUT2D eigenvalue weighted by Gasteiger charge is -2.27. The van der Waals surface area contributed by atoms with Crippen molar-refractivity contribution in [2.45, 2.75) is 51.9 Å². The van der Waals surface area contributed by atoms with Gasteiger partial charge in [-0.15, -0.1) is 0 Å². The third-order valence-corrected chi connectivity index (χ3v) is 3.93. The SMILES string of the molecule is CCN(C[C@@H](O)COC(C)(C)C)C[C@@H]1CC(c2ccccc2)=NO1. The van der Waals surface area contributed by atoms with Crippen molar-refractivity contribution < 1.29 is 14.7 Å². The van der Waals surface area contributed by atoms with Crippen molar-refractivity contribution in [3.05, 3.63) is 35.9 Å². The molecule has 0 radical (unpaired) electrons. The molecule has 24 heavy (non-hydrogen) atoms. The molecule has 0 spiro atoms. The number of likely N-dealkylation sites (N-methyl/N-ethyl adjacent to an activating group) is 1. The molecule has 1 aromatic rings. The van der Waals surface area contributed by atoms with E-state index in [1.807, 2.05) is 39.0 Å². The molecule has 5 heteroatoms. The van der Waals surface area contributed by atoms with Gasteiger partial charge >= 0.3 is 0 Å². The van der Waals surface area contributed by atoms with Gasteiger partial charge in [0.15, 0.2) is 0 Å². The van der Waals surface area contributed by atoms with Crippen molar-refractivity contribution in [1.82, 2.24) is 4.90 Å². The zero-order valence-electron chi connectivity index (χ0n) is 15.2. The van der Waals surface area contributed by atoms with Crippen LogP contribution in [0.2, 0.25) is 0 Å². The molecule has 1 heterocycles. The fourth-order valence-electron chi connectivity index (χ4n) is 2.64. The molecule has 2 rings (SSSR count). The number of aliphatic hydroxyl groups excluding tert-OH is 1. The Morgan fingerprint density at radius 1 is 1.33 bits per heavy atom. The molecule has 0 saturated carbocycles. The van der Waals surface area contributed by atoms with Gasteiger partial charge in [0.05, 0.1) is 24.0 Å². The molecule has 0 saturated heterocycles. The van der Waals surface area contributed by atoms with Crippen molar-refractivity contribution in [2.75, 3.05) is 26.2 Å². The Kier molecular flexibility index (Phi) is 6.78. The predicted octanol–water partition coefficient (Wildman–Crippen LogP) is 2.68. The molecular formula is C19H30N2O3. The third kappa shape index (κ3) is 6.23. The topological polar surface area (TPSA) is 54.3 Å². The summed E-state index contributed by atoms with van der Waals surface area (Å²) in [7, 11) is 0. The number of hydrogen-bond acceptors (Lipinski definition) is 5. The molecular weight excluding hydrogens is 304 g/mol. The number of hydrogen-bond donors (Lipinski definition) is 1. The molecule has 1 N–H and O–H groups in total. The standard InChI is InChI=1S/C19H30N2O3/c1-5-21(12-16(22)14-23-19(2,3)4)13-17-11-18(20-24-17)15-9-7-6-8-10-15/h6-10,16-17,22H,5,11-14H2,1-4H3/t16-,17+/m1/s1. The molecule has 1 aliphatic rings. The summed E-state index contributed by atoms with van der Waals surface area (Å²) in [6.45, 7) is 10.6. The molecule has 0 aliphatic carbocycles. The Morgan fingerprint density at radius 3 is 2.67 bits per heavy atom. The normalized spacial score (nSPS) is 19.2. The van der Waals surface area contributed by atoms with Gasteiger partial charge in [-0.1, -0.05) is 42.4 Å². The van der Waals surface area contributed by atoms with Crippen LogP contribution in [0, 0.1) is 0 Å². The first-order valence-electron chi connectivity index (χ1n) is 8.70. The minimum Gasteiger partial charge on any atom is -0.390 e. The van der Waals surface area contributed by atoms with Gasteiger partial charge < -0.3 is 14.7 Å². The van der Waals surface area contributed by atoms with Crippen LogP contribution in [0.4, 0.5) is 0 Å². The van der Waals surface area contributed by atoms with Gasteiger partial charge in [-0.05, 0) is 32.9 Å². The van der Waals surface area contributed by atoms with E-state index in [0.29, 0.717) is 13.2 Å². The second kappa shape index (κ2) is 8.60. The van der Waals surface area contributed by atoms with Crippen LogP contribution in [0.5, 0.6) is 0 Å². The molecule has 134 valence electrons. The zero-order chi connectivity index (χ0) is 17.6. The van der Waals surface area contributed by atoms with Crippen molar-refractivity contribution in [1.29, 1.82) is 0 Å². The molecule has 0 amide bonds. The number of oxime groups is 1. The summed E-state index contributed by atoms with van der Waals surface area (Å²) in [4.78, 5) is 7.77. The highest BCUT2D eigenvalue weighted by molar-refractivity contribution is 6.01. The van der Waals surface area contributed by atoms with Crippen molar-refractivity contribution in [3.8, 4) is 0 Å². The predicted molar refractivity (Wildman–Crippen MR) is 96.3 cm³/mol. The van der Waals surface area contributed by atoms with E-state index < -0.39 is 6.10 Å². The number of aliphatic hydroxyl groups is 1. The maximum Gasteiger partial charge on any atom is 0.145 e. The quantitative estimate of drug-likeness (QED) is 0.794. The van der Waals surface area contributed by atoms with Gasteiger partial charge in [0.25, 0.3) is 0 Å². The fourth-order valence-corrected chi connectivity index (χ4v) is 2.64. The Labute approximate surface area is 145 Å². The number of benzene rings is 1. The summed E-state index contributed by atoms with van der Waals surface area (Å²) < 4.78 is 5.65. The highest BCUT2D eigenvalue weighted by atomic mass is 16.6. The summed E-state index contributed by atoms with van der Waals surface area (Å²) >= 11 is 0. The monoisotopic (exact) mass is 334 g/mol. The summed E-state index contributed by atoms with van der Waals surface area (Å²) in [5, 5.41) is 14.4. The van der Waals surface area contributed by atoms with Gasteiger partial charge in [-0.25, -0.2) is 0 Å². The first-order chi connectivity index (χ1) is 11.4. The lowest BCUT2D eigenvalue weighted by atomic mass is 10.0. The van der Waals surface area contributed by atoms with Crippen LogP contribution in [-0.4, -0.2) is 59.8 Å². The Hall–Kier alpha value is -1.43. The second-order valence-electron chi connectivity index (χ2n) is 7.26. The molecule has 1 aromatic carbocycles. The molecule has 0 fully saturated rings. The van der Waals surface area contributed by atoms with Crippen molar-refractivity contribution in [2.24, 2.45) is 5.16 Å².